The Labute approximate surface area is 140 Å². The van der Waals surface area contributed by atoms with E-state index >= 15 is 0 Å². The third kappa shape index (κ3) is 3.85. The molecule has 2 atom stereocenters. The van der Waals surface area contributed by atoms with E-state index in [1.165, 1.54) is 11.8 Å². The molecule has 2 aromatic rings. The Bertz CT molecular complexity index is 684. The molecule has 0 aliphatic carbocycles. The van der Waals surface area contributed by atoms with E-state index in [9.17, 15) is 9.90 Å². The highest BCUT2D eigenvalue weighted by Crippen LogP contribution is 2.26. The zero-order chi connectivity index (χ0) is 16.2. The van der Waals surface area contributed by atoms with Crippen molar-refractivity contribution in [2.75, 3.05) is 18.8 Å². The minimum absolute atomic E-state index is 0.134. The van der Waals surface area contributed by atoms with Gasteiger partial charge >= 0.3 is 0 Å². The number of benzene rings is 1. The summed E-state index contributed by atoms with van der Waals surface area (Å²) in [6.45, 7) is 3.28. The third-order valence-corrected chi connectivity index (χ3v) is 5.45. The van der Waals surface area contributed by atoms with E-state index in [0.717, 1.165) is 35.2 Å². The Hall–Kier alpha value is -1.59. The van der Waals surface area contributed by atoms with Crippen LogP contribution in [0.3, 0.4) is 0 Å². The molecule has 4 nitrogen and oxygen atoms in total. The fraction of sp³-hybridized carbons (Fsp3) is 0.444. The lowest BCUT2D eigenvalue weighted by molar-refractivity contribution is -0.130. The van der Waals surface area contributed by atoms with Crippen molar-refractivity contribution in [1.82, 2.24) is 9.88 Å². The molecule has 122 valence electrons. The molecule has 0 spiro atoms. The van der Waals surface area contributed by atoms with Crippen molar-refractivity contribution >= 4 is 28.4 Å². The fourth-order valence-electron chi connectivity index (χ4n) is 3.06. The predicted molar refractivity (Wildman–Crippen MR) is 93.5 cm³/mol. The van der Waals surface area contributed by atoms with Crippen LogP contribution in [0.2, 0.25) is 0 Å². The van der Waals surface area contributed by atoms with Crippen LogP contribution < -0.4 is 0 Å². The van der Waals surface area contributed by atoms with Crippen LogP contribution in [-0.2, 0) is 4.79 Å². The van der Waals surface area contributed by atoms with E-state index in [-0.39, 0.29) is 17.9 Å². The van der Waals surface area contributed by atoms with Gasteiger partial charge in [-0.2, -0.15) is 0 Å². The van der Waals surface area contributed by atoms with Gasteiger partial charge in [0.15, 0.2) is 0 Å². The number of carbonyl (C=O) groups excluding carboxylic acids is 1. The smallest absolute Gasteiger partial charge is 0.233 e. The molecule has 23 heavy (non-hydrogen) atoms. The largest absolute Gasteiger partial charge is 0.393 e. The molecule has 1 amide bonds. The molecule has 1 aliphatic rings. The fourth-order valence-corrected chi connectivity index (χ4v) is 3.98. The standard InChI is InChI=1S/C18H22N2O2S/c1-13(21)15-6-4-10-20(11-15)17(22)12-23-18-16-7-3-2-5-14(16)8-9-19-18/h2-3,5,7-9,13,15,21H,4,6,10-12H2,1H3. The predicted octanol–water partition coefficient (Wildman–Crippen LogP) is 2.95. The molecule has 2 heterocycles. The van der Waals surface area contributed by atoms with Gasteiger partial charge < -0.3 is 10.0 Å². The Morgan fingerprint density at radius 3 is 3.09 bits per heavy atom. The summed E-state index contributed by atoms with van der Waals surface area (Å²) in [6.07, 6.45) is 3.41. The van der Waals surface area contributed by atoms with E-state index in [2.05, 4.69) is 11.1 Å². The number of rotatable bonds is 4. The molecule has 1 fully saturated rings. The van der Waals surface area contributed by atoms with Crippen molar-refractivity contribution in [3.8, 4) is 0 Å². The lowest BCUT2D eigenvalue weighted by atomic mass is 9.93. The summed E-state index contributed by atoms with van der Waals surface area (Å²) in [5.74, 6) is 0.733. The number of likely N-dealkylation sites (tertiary alicyclic amines) is 1. The second kappa shape index (κ2) is 7.32. The summed E-state index contributed by atoms with van der Waals surface area (Å²) in [7, 11) is 0. The third-order valence-electron chi connectivity index (χ3n) is 4.46. The van der Waals surface area contributed by atoms with Gasteiger partial charge in [0.05, 0.1) is 11.9 Å². The first-order chi connectivity index (χ1) is 11.1. The lowest BCUT2D eigenvalue weighted by Crippen LogP contribution is -2.43. The number of hydrogen-bond donors (Lipinski definition) is 1. The zero-order valence-electron chi connectivity index (χ0n) is 13.3. The molecule has 1 N–H and O–H groups in total. The van der Waals surface area contributed by atoms with Crippen LogP contribution in [0.15, 0.2) is 41.6 Å². The van der Waals surface area contributed by atoms with E-state index in [4.69, 9.17) is 0 Å². The van der Waals surface area contributed by atoms with E-state index < -0.39 is 0 Å². The average molecular weight is 330 g/mol. The number of carbonyl (C=O) groups is 1. The first-order valence-electron chi connectivity index (χ1n) is 8.07. The number of hydrogen-bond acceptors (Lipinski definition) is 4. The number of pyridine rings is 1. The molecule has 0 bridgehead atoms. The van der Waals surface area contributed by atoms with Crippen LogP contribution in [0.1, 0.15) is 19.8 Å². The number of thioether (sulfide) groups is 1. The first kappa shape index (κ1) is 16.3. The maximum atomic E-state index is 12.5. The number of aromatic nitrogens is 1. The first-order valence-corrected chi connectivity index (χ1v) is 9.06. The van der Waals surface area contributed by atoms with Crippen LogP contribution in [-0.4, -0.2) is 45.8 Å². The van der Waals surface area contributed by atoms with Crippen molar-refractivity contribution in [2.24, 2.45) is 5.92 Å². The highest BCUT2D eigenvalue weighted by molar-refractivity contribution is 8.00. The molecular weight excluding hydrogens is 308 g/mol. The Morgan fingerprint density at radius 2 is 2.26 bits per heavy atom. The number of fused-ring (bicyclic) bond motifs is 1. The van der Waals surface area contributed by atoms with Gasteiger partial charge in [-0.1, -0.05) is 36.0 Å². The molecule has 5 heteroatoms. The maximum Gasteiger partial charge on any atom is 0.233 e. The van der Waals surface area contributed by atoms with Gasteiger partial charge in [0.1, 0.15) is 5.03 Å². The highest BCUT2D eigenvalue weighted by atomic mass is 32.2. The summed E-state index contributed by atoms with van der Waals surface area (Å²) >= 11 is 1.50. The van der Waals surface area contributed by atoms with E-state index in [1.807, 2.05) is 36.1 Å². The molecular formula is C18H22N2O2S. The van der Waals surface area contributed by atoms with Gasteiger partial charge in [0.25, 0.3) is 0 Å². The topological polar surface area (TPSA) is 53.4 Å². The second-order valence-electron chi connectivity index (χ2n) is 6.11. The van der Waals surface area contributed by atoms with Gasteiger partial charge in [0, 0.05) is 30.6 Å². The highest BCUT2D eigenvalue weighted by Gasteiger charge is 2.26. The van der Waals surface area contributed by atoms with Crippen LogP contribution in [0.5, 0.6) is 0 Å². The molecule has 0 saturated carbocycles. The molecule has 3 rings (SSSR count). The van der Waals surface area contributed by atoms with Crippen molar-refractivity contribution < 1.29 is 9.90 Å². The molecule has 1 saturated heterocycles. The summed E-state index contributed by atoms with van der Waals surface area (Å²) in [5.41, 5.74) is 0. The van der Waals surface area contributed by atoms with Crippen molar-refractivity contribution in [3.63, 3.8) is 0 Å². The van der Waals surface area contributed by atoms with Gasteiger partial charge in [-0.3, -0.25) is 4.79 Å². The van der Waals surface area contributed by atoms with Crippen molar-refractivity contribution in [1.29, 1.82) is 0 Å². The minimum Gasteiger partial charge on any atom is -0.393 e. The number of aliphatic hydroxyl groups excluding tert-OH is 1. The van der Waals surface area contributed by atoms with Gasteiger partial charge in [-0.05, 0) is 31.2 Å². The van der Waals surface area contributed by atoms with Crippen LogP contribution in [0, 0.1) is 5.92 Å². The maximum absolute atomic E-state index is 12.5. The van der Waals surface area contributed by atoms with Gasteiger partial charge in [0.2, 0.25) is 5.91 Å². The number of piperidine rings is 1. The quantitative estimate of drug-likeness (QED) is 0.876. The Kier molecular flexibility index (Phi) is 5.18. The molecule has 1 aromatic carbocycles. The number of aliphatic hydroxyl groups is 1. The van der Waals surface area contributed by atoms with Gasteiger partial charge in [-0.15, -0.1) is 0 Å². The Balaban J connectivity index is 1.64. The van der Waals surface area contributed by atoms with Crippen LogP contribution >= 0.6 is 11.8 Å². The average Bonchev–Trinajstić information content (AvgIpc) is 2.59. The second-order valence-corrected chi connectivity index (χ2v) is 7.07. The SMILES string of the molecule is CC(O)C1CCCN(C(=O)CSc2nccc3ccccc23)C1. The van der Waals surface area contributed by atoms with E-state index in [1.54, 1.807) is 6.20 Å². The monoisotopic (exact) mass is 330 g/mol. The summed E-state index contributed by atoms with van der Waals surface area (Å²) < 4.78 is 0. The lowest BCUT2D eigenvalue weighted by Gasteiger charge is -2.34. The normalized spacial score (nSPS) is 19.7. The number of amides is 1. The van der Waals surface area contributed by atoms with Crippen molar-refractivity contribution in [2.45, 2.75) is 30.9 Å². The van der Waals surface area contributed by atoms with Crippen molar-refractivity contribution in [3.05, 3.63) is 36.5 Å². The molecule has 2 unspecified atom stereocenters. The molecule has 1 aromatic heterocycles. The number of nitrogens with zero attached hydrogens (tertiary/aromatic N) is 2. The van der Waals surface area contributed by atoms with Crippen LogP contribution in [0.4, 0.5) is 0 Å². The van der Waals surface area contributed by atoms with Gasteiger partial charge in [-0.25, -0.2) is 4.98 Å². The Morgan fingerprint density at radius 1 is 1.43 bits per heavy atom. The summed E-state index contributed by atoms with van der Waals surface area (Å²) in [5, 5.41) is 12.9. The summed E-state index contributed by atoms with van der Waals surface area (Å²) in [4.78, 5) is 18.8. The molecule has 0 radical (unpaired) electrons. The molecule has 1 aliphatic heterocycles. The summed E-state index contributed by atoms with van der Waals surface area (Å²) in [6, 6.07) is 10.1. The van der Waals surface area contributed by atoms with Crippen LogP contribution in [0.25, 0.3) is 10.8 Å². The van der Waals surface area contributed by atoms with E-state index in [0.29, 0.717) is 12.3 Å². The minimum atomic E-state index is -0.349. The zero-order valence-corrected chi connectivity index (χ0v) is 14.1.